The predicted octanol–water partition coefficient (Wildman–Crippen LogP) is 3.59. The van der Waals surface area contributed by atoms with Gasteiger partial charge >= 0.3 is 0 Å². The highest BCUT2D eigenvalue weighted by Gasteiger charge is 2.09. The molecule has 0 saturated carbocycles. The molecule has 1 aromatic carbocycles. The Morgan fingerprint density at radius 1 is 1.05 bits per heavy atom. The van der Waals surface area contributed by atoms with E-state index >= 15 is 0 Å². The number of benzene rings is 1. The second kappa shape index (κ2) is 7.00. The summed E-state index contributed by atoms with van der Waals surface area (Å²) in [5.74, 6) is -0.410. The van der Waals surface area contributed by atoms with Gasteiger partial charge < -0.3 is 15.6 Å². The maximum absolute atomic E-state index is 12.1. The van der Waals surface area contributed by atoms with Crippen LogP contribution in [0.15, 0.2) is 42.6 Å². The van der Waals surface area contributed by atoms with E-state index in [0.29, 0.717) is 21.6 Å². The van der Waals surface area contributed by atoms with Crippen molar-refractivity contribution in [2.24, 2.45) is 5.92 Å². The summed E-state index contributed by atoms with van der Waals surface area (Å²) < 4.78 is 0.390. The fraction of sp³-hybridized carbons (Fsp3) is 0.188. The number of amides is 2. The van der Waals surface area contributed by atoms with Gasteiger partial charge in [0.25, 0.3) is 5.91 Å². The zero-order valence-corrected chi connectivity index (χ0v) is 13.2. The molecule has 22 heavy (non-hydrogen) atoms. The molecule has 0 radical (unpaired) electrons. The molecule has 6 heteroatoms. The molecule has 2 rings (SSSR count). The first-order valence-electron chi connectivity index (χ1n) is 6.87. The fourth-order valence-corrected chi connectivity index (χ4v) is 1.95. The molecule has 0 aliphatic rings. The van der Waals surface area contributed by atoms with Gasteiger partial charge in [-0.2, -0.15) is 0 Å². The Morgan fingerprint density at radius 2 is 1.64 bits per heavy atom. The maximum atomic E-state index is 12.1. The summed E-state index contributed by atoms with van der Waals surface area (Å²) in [6.45, 7) is 3.65. The van der Waals surface area contributed by atoms with Gasteiger partial charge in [-0.3, -0.25) is 9.59 Å². The Bertz CT molecular complexity index is 736. The average molecular weight is 315 g/mol. The predicted molar refractivity (Wildman–Crippen MR) is 89.5 cm³/mol. The van der Waals surface area contributed by atoms with Crippen molar-refractivity contribution in [3.63, 3.8) is 0 Å². The number of aromatic amines is 1. The first-order valence-corrected chi connectivity index (χ1v) is 7.28. The highest BCUT2D eigenvalue weighted by atomic mass is 32.1. The molecule has 114 valence electrons. The van der Waals surface area contributed by atoms with E-state index in [1.807, 2.05) is 13.8 Å². The van der Waals surface area contributed by atoms with Gasteiger partial charge in [0.1, 0.15) is 4.64 Å². The summed E-state index contributed by atoms with van der Waals surface area (Å²) in [7, 11) is 0. The number of hydrogen-bond acceptors (Lipinski definition) is 3. The second-order valence-corrected chi connectivity index (χ2v) is 5.50. The first kappa shape index (κ1) is 15.9. The molecule has 1 heterocycles. The fourth-order valence-electron chi connectivity index (χ4n) is 1.72. The van der Waals surface area contributed by atoms with Crippen LogP contribution in [0.5, 0.6) is 0 Å². The van der Waals surface area contributed by atoms with Crippen molar-refractivity contribution >= 4 is 35.4 Å². The van der Waals surface area contributed by atoms with Gasteiger partial charge in [-0.1, -0.05) is 26.1 Å². The SMILES string of the molecule is CC(C)C(=O)Nc1ccc(NC(=O)c2ccc[nH]c2=S)cc1. The van der Waals surface area contributed by atoms with Gasteiger partial charge in [0.15, 0.2) is 0 Å². The van der Waals surface area contributed by atoms with Crippen molar-refractivity contribution in [1.82, 2.24) is 4.98 Å². The van der Waals surface area contributed by atoms with Crippen LogP contribution in [-0.4, -0.2) is 16.8 Å². The van der Waals surface area contributed by atoms with E-state index in [4.69, 9.17) is 12.2 Å². The molecule has 3 N–H and O–H groups in total. The van der Waals surface area contributed by atoms with Gasteiger partial charge in [0.05, 0.1) is 5.56 Å². The van der Waals surface area contributed by atoms with E-state index in [1.54, 1.807) is 42.6 Å². The Labute approximate surface area is 133 Å². The Balaban J connectivity index is 2.05. The number of hydrogen-bond donors (Lipinski definition) is 3. The normalized spacial score (nSPS) is 10.3. The van der Waals surface area contributed by atoms with Gasteiger partial charge in [0, 0.05) is 23.5 Å². The second-order valence-electron chi connectivity index (χ2n) is 5.09. The monoisotopic (exact) mass is 315 g/mol. The third-order valence-corrected chi connectivity index (χ3v) is 3.34. The summed E-state index contributed by atoms with van der Waals surface area (Å²) in [5, 5.41) is 5.55. The molecule has 0 spiro atoms. The van der Waals surface area contributed by atoms with E-state index in [0.717, 1.165) is 0 Å². The molecule has 2 amide bonds. The number of carbonyl (C=O) groups is 2. The van der Waals surface area contributed by atoms with E-state index in [-0.39, 0.29) is 17.7 Å². The summed E-state index contributed by atoms with van der Waals surface area (Å²) in [4.78, 5) is 26.5. The Morgan fingerprint density at radius 3 is 2.18 bits per heavy atom. The van der Waals surface area contributed by atoms with Gasteiger partial charge in [-0.25, -0.2) is 0 Å². The summed E-state index contributed by atoms with van der Waals surface area (Å²) in [6.07, 6.45) is 1.67. The lowest BCUT2D eigenvalue weighted by Gasteiger charge is -2.09. The van der Waals surface area contributed by atoms with Crippen LogP contribution >= 0.6 is 12.2 Å². The third kappa shape index (κ3) is 4.02. The minimum absolute atomic E-state index is 0.0487. The van der Waals surface area contributed by atoms with E-state index in [2.05, 4.69) is 15.6 Å². The molecule has 0 bridgehead atoms. The molecular formula is C16H17N3O2S. The van der Waals surface area contributed by atoms with Crippen LogP contribution in [0.1, 0.15) is 24.2 Å². The third-order valence-electron chi connectivity index (χ3n) is 3.00. The number of carbonyl (C=O) groups excluding carboxylic acids is 2. The molecule has 5 nitrogen and oxygen atoms in total. The molecule has 0 fully saturated rings. The van der Waals surface area contributed by atoms with Crippen molar-refractivity contribution in [2.45, 2.75) is 13.8 Å². The van der Waals surface area contributed by atoms with Crippen LogP contribution in [0.3, 0.4) is 0 Å². The number of rotatable bonds is 4. The van der Waals surface area contributed by atoms with Crippen LogP contribution in [0.2, 0.25) is 0 Å². The topological polar surface area (TPSA) is 74.0 Å². The van der Waals surface area contributed by atoms with Crippen molar-refractivity contribution < 1.29 is 9.59 Å². The summed E-state index contributed by atoms with van der Waals surface area (Å²) in [5.41, 5.74) is 1.73. The summed E-state index contributed by atoms with van der Waals surface area (Å²) in [6, 6.07) is 10.3. The average Bonchev–Trinajstić information content (AvgIpc) is 2.49. The van der Waals surface area contributed by atoms with E-state index in [1.165, 1.54) is 0 Å². The number of nitrogens with one attached hydrogen (secondary N) is 3. The van der Waals surface area contributed by atoms with E-state index in [9.17, 15) is 9.59 Å². The molecule has 0 aliphatic heterocycles. The van der Waals surface area contributed by atoms with Crippen molar-refractivity contribution in [1.29, 1.82) is 0 Å². The Hall–Kier alpha value is -2.47. The summed E-state index contributed by atoms with van der Waals surface area (Å²) >= 11 is 5.07. The lowest BCUT2D eigenvalue weighted by molar-refractivity contribution is -0.118. The van der Waals surface area contributed by atoms with Crippen LogP contribution in [0.25, 0.3) is 0 Å². The molecule has 0 unspecified atom stereocenters. The van der Waals surface area contributed by atoms with Gasteiger partial charge in [0.2, 0.25) is 5.91 Å². The quantitative estimate of drug-likeness (QED) is 0.755. The smallest absolute Gasteiger partial charge is 0.258 e. The first-order chi connectivity index (χ1) is 10.5. The number of pyridine rings is 1. The highest BCUT2D eigenvalue weighted by Crippen LogP contribution is 2.15. The number of aromatic nitrogens is 1. The Kier molecular flexibility index (Phi) is 5.06. The molecular weight excluding hydrogens is 298 g/mol. The number of anilines is 2. The zero-order valence-electron chi connectivity index (χ0n) is 12.3. The standard InChI is InChI=1S/C16H17N3O2S/c1-10(2)14(20)18-11-5-7-12(8-6-11)19-15(21)13-4-3-9-17-16(13)22/h3-10H,1-2H3,(H,17,22)(H,18,20)(H,19,21). The molecule has 1 aromatic heterocycles. The van der Waals surface area contributed by atoms with Crippen molar-refractivity contribution in [2.75, 3.05) is 10.6 Å². The van der Waals surface area contributed by atoms with Crippen LogP contribution in [-0.2, 0) is 4.79 Å². The van der Waals surface area contributed by atoms with Crippen molar-refractivity contribution in [3.05, 3.63) is 52.8 Å². The van der Waals surface area contributed by atoms with Gasteiger partial charge in [-0.05, 0) is 36.4 Å². The van der Waals surface area contributed by atoms with Crippen LogP contribution in [0.4, 0.5) is 11.4 Å². The van der Waals surface area contributed by atoms with E-state index < -0.39 is 0 Å². The maximum Gasteiger partial charge on any atom is 0.258 e. The largest absolute Gasteiger partial charge is 0.352 e. The minimum atomic E-state index is -0.277. The lowest BCUT2D eigenvalue weighted by Crippen LogP contribution is -2.17. The molecule has 0 aliphatic carbocycles. The lowest BCUT2D eigenvalue weighted by atomic mass is 10.2. The molecule has 2 aromatic rings. The van der Waals surface area contributed by atoms with Crippen LogP contribution < -0.4 is 10.6 Å². The molecule has 0 atom stereocenters. The molecule has 0 saturated heterocycles. The van der Waals surface area contributed by atoms with Crippen LogP contribution in [0, 0.1) is 10.6 Å². The highest BCUT2D eigenvalue weighted by molar-refractivity contribution is 7.71. The zero-order chi connectivity index (χ0) is 16.1. The van der Waals surface area contributed by atoms with Gasteiger partial charge in [-0.15, -0.1) is 0 Å². The van der Waals surface area contributed by atoms with Crippen molar-refractivity contribution in [3.8, 4) is 0 Å². The minimum Gasteiger partial charge on any atom is -0.352 e. The number of H-pyrrole nitrogens is 1.